The molecule has 0 atom stereocenters. The molecule has 0 fully saturated rings. The first-order valence-electron chi connectivity index (χ1n) is 8.89. The average molecular weight is 475 g/mol. The predicted molar refractivity (Wildman–Crippen MR) is 121 cm³/mol. The molecular formula is C17H15FN10O2S2. The van der Waals surface area contributed by atoms with Crippen molar-refractivity contribution < 1.29 is 4.39 Å². The number of thioether (sulfide) groups is 1. The first-order valence-corrected chi connectivity index (χ1v) is 10.3. The van der Waals surface area contributed by atoms with Crippen LogP contribution in [0.15, 0.2) is 39.0 Å². The molecule has 0 spiro atoms. The molecule has 5 aromatic rings. The van der Waals surface area contributed by atoms with Crippen molar-refractivity contribution in [3.8, 4) is 0 Å². The third-order valence-electron chi connectivity index (χ3n) is 4.05. The van der Waals surface area contributed by atoms with Crippen LogP contribution in [-0.4, -0.2) is 39.9 Å². The Morgan fingerprint density at radius 3 is 2.25 bits per heavy atom. The second-order valence-electron chi connectivity index (χ2n) is 6.36. The molecule has 4 heterocycles. The van der Waals surface area contributed by atoms with Gasteiger partial charge in [-0.15, -0.1) is 0 Å². The second kappa shape index (κ2) is 8.64. The van der Waals surface area contributed by atoms with Gasteiger partial charge < -0.3 is 26.4 Å². The molecule has 15 heteroatoms. The lowest BCUT2D eigenvalue weighted by atomic mass is 10.2. The number of benzene rings is 1. The summed E-state index contributed by atoms with van der Waals surface area (Å²) >= 11 is 6.17. The topological polar surface area (TPSA) is 204 Å². The van der Waals surface area contributed by atoms with Crippen LogP contribution in [-0.2, 0) is 5.75 Å². The van der Waals surface area contributed by atoms with Gasteiger partial charge in [-0.1, -0.05) is 23.9 Å². The lowest BCUT2D eigenvalue weighted by Crippen LogP contribution is -2.10. The van der Waals surface area contributed by atoms with Crippen molar-refractivity contribution >= 4 is 58.2 Å². The van der Waals surface area contributed by atoms with Crippen LogP contribution in [0.3, 0.4) is 0 Å². The van der Waals surface area contributed by atoms with Gasteiger partial charge >= 0.3 is 0 Å². The summed E-state index contributed by atoms with van der Waals surface area (Å²) in [6.45, 7) is 0. The van der Waals surface area contributed by atoms with Gasteiger partial charge in [0.1, 0.15) is 11.3 Å². The number of imidazole rings is 2. The van der Waals surface area contributed by atoms with Crippen LogP contribution in [0.2, 0.25) is 0 Å². The summed E-state index contributed by atoms with van der Waals surface area (Å²) in [5, 5.41) is 0.563. The Morgan fingerprint density at radius 2 is 1.53 bits per heavy atom. The van der Waals surface area contributed by atoms with E-state index in [0.717, 1.165) is 5.56 Å². The summed E-state index contributed by atoms with van der Waals surface area (Å²) in [6, 6.07) is 6.21. The number of nitrogen functional groups attached to an aromatic ring is 2. The summed E-state index contributed by atoms with van der Waals surface area (Å²) in [7, 11) is 0. The number of fused-ring (bicyclic) bond motifs is 2. The Kier molecular flexibility index (Phi) is 5.74. The lowest BCUT2D eigenvalue weighted by molar-refractivity contribution is 0.627. The molecule has 0 aliphatic heterocycles. The van der Waals surface area contributed by atoms with Crippen molar-refractivity contribution in [3.05, 3.63) is 61.1 Å². The fraction of sp³-hybridized carbons (Fsp3) is 0.0588. The van der Waals surface area contributed by atoms with Crippen molar-refractivity contribution in [2.45, 2.75) is 10.9 Å². The van der Waals surface area contributed by atoms with E-state index in [2.05, 4.69) is 39.9 Å². The number of aromatic amines is 5. The molecule has 164 valence electrons. The minimum absolute atomic E-state index is 0.0316. The number of nitrogens with one attached hydrogen (secondary N) is 5. The molecule has 0 unspecified atom stereocenters. The number of H-pyrrole nitrogens is 5. The Hall–Kier alpha value is -3.98. The largest absolute Gasteiger partial charge is 0.369 e. The van der Waals surface area contributed by atoms with Crippen LogP contribution in [0.1, 0.15) is 5.56 Å². The normalized spacial score (nSPS) is 10.9. The highest BCUT2D eigenvalue weighted by Gasteiger charge is 2.09. The first kappa shape index (κ1) is 21.3. The van der Waals surface area contributed by atoms with Crippen LogP contribution in [0, 0.1) is 10.6 Å². The number of aromatic nitrogens is 8. The monoisotopic (exact) mass is 474 g/mol. The van der Waals surface area contributed by atoms with Crippen LogP contribution in [0.5, 0.6) is 0 Å². The average Bonchev–Trinajstić information content (AvgIpc) is 3.31. The van der Waals surface area contributed by atoms with Crippen LogP contribution in [0.25, 0.3) is 22.3 Å². The molecule has 5 rings (SSSR count). The smallest absolute Gasteiger partial charge is 0.278 e. The molecule has 0 bridgehead atoms. The van der Waals surface area contributed by atoms with Gasteiger partial charge in [-0.3, -0.25) is 19.6 Å². The first-order chi connectivity index (χ1) is 15.3. The van der Waals surface area contributed by atoms with E-state index < -0.39 is 0 Å². The quantitative estimate of drug-likeness (QED) is 0.149. The predicted octanol–water partition coefficient (Wildman–Crippen LogP) is 1.55. The number of hydrogen-bond acceptors (Lipinski definition) is 9. The van der Waals surface area contributed by atoms with Gasteiger partial charge in [-0.2, -0.15) is 9.97 Å². The fourth-order valence-corrected chi connectivity index (χ4v) is 3.67. The number of anilines is 2. The van der Waals surface area contributed by atoms with Crippen LogP contribution >= 0.6 is 24.0 Å². The lowest BCUT2D eigenvalue weighted by Gasteiger charge is -1.98. The minimum atomic E-state index is -0.353. The Bertz CT molecular complexity index is 1580. The Labute approximate surface area is 186 Å². The number of nitrogens with zero attached hydrogens (tertiary/aromatic N) is 3. The Morgan fingerprint density at radius 1 is 0.875 bits per heavy atom. The molecule has 4 aromatic heterocycles. The summed E-state index contributed by atoms with van der Waals surface area (Å²) in [5.74, 6) is 0.434. The fourth-order valence-electron chi connectivity index (χ4n) is 2.65. The second-order valence-corrected chi connectivity index (χ2v) is 7.73. The molecular weight excluding hydrogens is 459 g/mol. The maximum absolute atomic E-state index is 12.8. The highest BCUT2D eigenvalue weighted by atomic mass is 32.2. The van der Waals surface area contributed by atoms with Gasteiger partial charge in [0.05, 0.1) is 0 Å². The summed E-state index contributed by atoms with van der Waals surface area (Å²) < 4.78 is 13.1. The van der Waals surface area contributed by atoms with Gasteiger partial charge in [0.25, 0.3) is 11.1 Å². The van der Waals surface area contributed by atoms with Gasteiger partial charge in [0.2, 0.25) is 11.9 Å². The van der Waals surface area contributed by atoms with E-state index in [4.69, 9.17) is 23.7 Å². The number of rotatable bonds is 3. The third-order valence-corrected chi connectivity index (χ3v) is 5.20. The van der Waals surface area contributed by atoms with E-state index in [1.807, 2.05) is 0 Å². The van der Waals surface area contributed by atoms with E-state index in [0.29, 0.717) is 32.4 Å². The molecule has 12 nitrogen and oxygen atoms in total. The standard InChI is InChI=1S/C12H10FN5OS.C5H5N5OS/c13-7-3-1-6(2-4-7)5-20-12-15-8-9(17-12)16-11(14)18-10(8)19;6-4-8-2-1(3(11)10-4)7-5(12)9-2/h1-4H,5H2,(H4,14,15,16,17,18,19);(H5,6,7,8,9,10,11,12). The molecule has 0 saturated heterocycles. The van der Waals surface area contributed by atoms with Crippen molar-refractivity contribution in [2.75, 3.05) is 11.5 Å². The Balaban J connectivity index is 0.000000174. The van der Waals surface area contributed by atoms with E-state index >= 15 is 0 Å². The molecule has 0 saturated carbocycles. The molecule has 9 N–H and O–H groups in total. The third kappa shape index (κ3) is 4.68. The highest BCUT2D eigenvalue weighted by molar-refractivity contribution is 7.98. The van der Waals surface area contributed by atoms with Gasteiger partial charge in [0.15, 0.2) is 26.7 Å². The van der Waals surface area contributed by atoms with Crippen LogP contribution < -0.4 is 22.6 Å². The van der Waals surface area contributed by atoms with Crippen molar-refractivity contribution in [1.29, 1.82) is 0 Å². The molecule has 0 radical (unpaired) electrons. The van der Waals surface area contributed by atoms with Crippen molar-refractivity contribution in [2.24, 2.45) is 0 Å². The van der Waals surface area contributed by atoms with Crippen LogP contribution in [0.4, 0.5) is 16.3 Å². The number of halogens is 1. The molecule has 0 aliphatic carbocycles. The SMILES string of the molecule is Nc1nc2[nH]c(=S)[nH]c2c(=O)[nH]1.Nc1nc2nc(SCc3ccc(F)cc3)[nH]c2c(=O)[nH]1. The van der Waals surface area contributed by atoms with E-state index in [1.165, 1.54) is 23.9 Å². The molecule has 32 heavy (non-hydrogen) atoms. The molecule has 1 aromatic carbocycles. The number of nitrogens with two attached hydrogens (primary N) is 2. The zero-order valence-corrected chi connectivity index (χ0v) is 17.7. The maximum atomic E-state index is 12.8. The summed E-state index contributed by atoms with van der Waals surface area (Å²) in [4.78, 5) is 47.7. The van der Waals surface area contributed by atoms with Gasteiger partial charge in [-0.25, -0.2) is 9.37 Å². The minimum Gasteiger partial charge on any atom is -0.369 e. The van der Waals surface area contributed by atoms with Gasteiger partial charge in [-0.05, 0) is 29.9 Å². The van der Waals surface area contributed by atoms with Crippen molar-refractivity contribution in [1.82, 2.24) is 39.9 Å². The summed E-state index contributed by atoms with van der Waals surface area (Å²) in [5.41, 5.74) is 12.3. The van der Waals surface area contributed by atoms with Crippen molar-refractivity contribution in [3.63, 3.8) is 0 Å². The van der Waals surface area contributed by atoms with E-state index in [-0.39, 0.29) is 34.5 Å². The zero-order valence-electron chi connectivity index (χ0n) is 16.0. The zero-order chi connectivity index (χ0) is 22.8. The number of hydrogen-bond donors (Lipinski definition) is 7. The summed E-state index contributed by atoms with van der Waals surface area (Å²) in [6.07, 6.45) is 0. The highest BCUT2D eigenvalue weighted by Crippen LogP contribution is 2.21. The van der Waals surface area contributed by atoms with Gasteiger partial charge in [0, 0.05) is 5.75 Å². The molecule has 0 amide bonds. The molecule has 0 aliphatic rings. The maximum Gasteiger partial charge on any atom is 0.278 e. The van der Waals surface area contributed by atoms with E-state index in [1.54, 1.807) is 12.1 Å². The van der Waals surface area contributed by atoms with E-state index in [9.17, 15) is 14.0 Å².